The zero-order chi connectivity index (χ0) is 14.4. The summed E-state index contributed by atoms with van der Waals surface area (Å²) < 4.78 is 0. The number of anilines is 2. The molecule has 0 atom stereocenters. The van der Waals surface area contributed by atoms with Gasteiger partial charge in [0.15, 0.2) is 0 Å². The van der Waals surface area contributed by atoms with Gasteiger partial charge in [-0.3, -0.25) is 0 Å². The highest BCUT2D eigenvalue weighted by molar-refractivity contribution is 5.72. The van der Waals surface area contributed by atoms with Gasteiger partial charge in [0.2, 0.25) is 0 Å². The van der Waals surface area contributed by atoms with E-state index in [2.05, 4.69) is 60.3 Å². The molecule has 3 nitrogen and oxygen atoms in total. The Kier molecular flexibility index (Phi) is 5.72. The summed E-state index contributed by atoms with van der Waals surface area (Å²) in [7, 11) is 2.19. The summed E-state index contributed by atoms with van der Waals surface area (Å²) in [4.78, 5) is 4.90. The Balaban J connectivity index is 1.76. The number of fused-ring (bicyclic) bond motifs is 1. The van der Waals surface area contributed by atoms with Crippen LogP contribution >= 0.6 is 0 Å². The number of hydrogen-bond acceptors (Lipinski definition) is 3. The number of nitrogens with one attached hydrogen (secondary N) is 1. The second-order valence-corrected chi connectivity index (χ2v) is 6.20. The Hall–Kier alpha value is -1.22. The van der Waals surface area contributed by atoms with E-state index in [4.69, 9.17) is 0 Å². The third-order valence-corrected chi connectivity index (χ3v) is 3.92. The van der Waals surface area contributed by atoms with Gasteiger partial charge in [-0.05, 0) is 44.0 Å². The number of benzene rings is 1. The van der Waals surface area contributed by atoms with E-state index < -0.39 is 0 Å². The van der Waals surface area contributed by atoms with Gasteiger partial charge in [-0.15, -0.1) is 0 Å². The summed E-state index contributed by atoms with van der Waals surface area (Å²) in [6, 6.07) is 8.76. The Morgan fingerprint density at radius 2 is 1.85 bits per heavy atom. The van der Waals surface area contributed by atoms with Crippen LogP contribution < -0.4 is 15.1 Å². The molecule has 0 bridgehead atoms. The van der Waals surface area contributed by atoms with Gasteiger partial charge in [0.1, 0.15) is 0 Å². The van der Waals surface area contributed by atoms with Crippen molar-refractivity contribution in [1.82, 2.24) is 5.32 Å². The molecule has 112 valence electrons. The molecule has 0 unspecified atom stereocenters. The second kappa shape index (κ2) is 7.53. The summed E-state index contributed by atoms with van der Waals surface area (Å²) in [5.74, 6) is 0.750. The van der Waals surface area contributed by atoms with E-state index in [-0.39, 0.29) is 0 Å². The molecule has 0 radical (unpaired) electrons. The molecule has 0 fully saturated rings. The normalized spacial score (nSPS) is 14.8. The topological polar surface area (TPSA) is 18.5 Å². The first-order chi connectivity index (χ1) is 9.68. The fourth-order valence-corrected chi connectivity index (χ4v) is 2.74. The Morgan fingerprint density at radius 3 is 2.60 bits per heavy atom. The first-order valence-electron chi connectivity index (χ1n) is 7.94. The molecule has 0 aromatic heterocycles. The Labute approximate surface area is 124 Å². The minimum Gasteiger partial charge on any atom is -0.371 e. The average molecular weight is 275 g/mol. The quantitative estimate of drug-likeness (QED) is 0.772. The Bertz CT molecular complexity index is 403. The van der Waals surface area contributed by atoms with Crippen molar-refractivity contribution in [3.05, 3.63) is 24.3 Å². The van der Waals surface area contributed by atoms with Gasteiger partial charge in [-0.25, -0.2) is 0 Å². The number of rotatable bonds is 7. The van der Waals surface area contributed by atoms with Crippen molar-refractivity contribution >= 4 is 11.4 Å². The minimum absolute atomic E-state index is 0.750. The van der Waals surface area contributed by atoms with E-state index in [0.717, 1.165) is 32.1 Å². The lowest BCUT2D eigenvalue weighted by molar-refractivity contribution is 0.533. The maximum absolute atomic E-state index is 3.52. The molecule has 1 aliphatic heterocycles. The fourth-order valence-electron chi connectivity index (χ4n) is 2.74. The molecule has 1 aromatic rings. The van der Waals surface area contributed by atoms with Crippen LogP contribution in [0, 0.1) is 5.92 Å². The lowest BCUT2D eigenvalue weighted by Gasteiger charge is -2.37. The van der Waals surface area contributed by atoms with Crippen LogP contribution in [0.1, 0.15) is 26.7 Å². The van der Waals surface area contributed by atoms with Gasteiger partial charge in [0, 0.05) is 26.7 Å². The molecule has 2 rings (SSSR count). The summed E-state index contributed by atoms with van der Waals surface area (Å²) in [5, 5.41) is 3.52. The van der Waals surface area contributed by atoms with Crippen LogP contribution in [0.15, 0.2) is 24.3 Å². The van der Waals surface area contributed by atoms with Crippen LogP contribution in [0.2, 0.25) is 0 Å². The average Bonchev–Trinajstić information content (AvgIpc) is 2.45. The van der Waals surface area contributed by atoms with Crippen LogP contribution in [0.25, 0.3) is 0 Å². The van der Waals surface area contributed by atoms with E-state index in [0.29, 0.717) is 0 Å². The van der Waals surface area contributed by atoms with Crippen LogP contribution in [-0.2, 0) is 0 Å². The number of nitrogens with zero attached hydrogens (tertiary/aromatic N) is 2. The van der Waals surface area contributed by atoms with Crippen molar-refractivity contribution in [3.63, 3.8) is 0 Å². The summed E-state index contributed by atoms with van der Waals surface area (Å²) in [6.45, 7) is 10.2. The molecular formula is C17H29N3. The van der Waals surface area contributed by atoms with E-state index in [1.54, 1.807) is 0 Å². The van der Waals surface area contributed by atoms with Crippen molar-refractivity contribution < 1.29 is 0 Å². The lowest BCUT2D eigenvalue weighted by Crippen LogP contribution is -2.39. The zero-order valence-corrected chi connectivity index (χ0v) is 13.2. The predicted molar refractivity (Wildman–Crippen MR) is 88.9 cm³/mol. The smallest absolute Gasteiger partial charge is 0.0604 e. The first kappa shape index (κ1) is 15.2. The molecule has 1 aliphatic rings. The first-order valence-corrected chi connectivity index (χ1v) is 7.94. The van der Waals surface area contributed by atoms with Gasteiger partial charge >= 0.3 is 0 Å². The molecular weight excluding hydrogens is 246 g/mol. The molecule has 3 heteroatoms. The SMILES string of the molecule is CC(C)CNCCCCN1CCN(C)c2ccccc21. The van der Waals surface area contributed by atoms with E-state index >= 15 is 0 Å². The Morgan fingerprint density at radius 1 is 1.10 bits per heavy atom. The fraction of sp³-hybridized carbons (Fsp3) is 0.647. The third-order valence-electron chi connectivity index (χ3n) is 3.92. The largest absolute Gasteiger partial charge is 0.371 e. The maximum Gasteiger partial charge on any atom is 0.0604 e. The van der Waals surface area contributed by atoms with Gasteiger partial charge < -0.3 is 15.1 Å². The van der Waals surface area contributed by atoms with Crippen molar-refractivity contribution in [3.8, 4) is 0 Å². The molecule has 0 spiro atoms. The molecule has 0 aliphatic carbocycles. The van der Waals surface area contributed by atoms with Crippen LogP contribution in [0.5, 0.6) is 0 Å². The van der Waals surface area contributed by atoms with Crippen molar-refractivity contribution in [1.29, 1.82) is 0 Å². The van der Waals surface area contributed by atoms with Crippen LogP contribution in [-0.4, -0.2) is 39.8 Å². The van der Waals surface area contributed by atoms with Crippen LogP contribution in [0.4, 0.5) is 11.4 Å². The summed E-state index contributed by atoms with van der Waals surface area (Å²) in [5.41, 5.74) is 2.77. The molecule has 20 heavy (non-hydrogen) atoms. The van der Waals surface area contributed by atoms with E-state index in [1.807, 2.05) is 0 Å². The highest BCUT2D eigenvalue weighted by Gasteiger charge is 2.18. The molecule has 0 saturated carbocycles. The highest BCUT2D eigenvalue weighted by Crippen LogP contribution is 2.31. The summed E-state index contributed by atoms with van der Waals surface area (Å²) in [6.07, 6.45) is 2.53. The van der Waals surface area contributed by atoms with Crippen molar-refractivity contribution in [2.75, 3.05) is 49.6 Å². The van der Waals surface area contributed by atoms with Gasteiger partial charge in [0.25, 0.3) is 0 Å². The number of hydrogen-bond donors (Lipinski definition) is 1. The van der Waals surface area contributed by atoms with Crippen LogP contribution in [0.3, 0.4) is 0 Å². The number of para-hydroxylation sites is 2. The second-order valence-electron chi connectivity index (χ2n) is 6.20. The lowest BCUT2D eigenvalue weighted by atomic mass is 10.1. The third kappa shape index (κ3) is 4.14. The van der Waals surface area contributed by atoms with Crippen molar-refractivity contribution in [2.45, 2.75) is 26.7 Å². The van der Waals surface area contributed by atoms with Crippen molar-refractivity contribution in [2.24, 2.45) is 5.92 Å². The van der Waals surface area contributed by atoms with Gasteiger partial charge in [-0.1, -0.05) is 26.0 Å². The predicted octanol–water partition coefficient (Wildman–Crippen LogP) is 2.97. The van der Waals surface area contributed by atoms with Gasteiger partial charge in [-0.2, -0.15) is 0 Å². The zero-order valence-electron chi connectivity index (χ0n) is 13.2. The maximum atomic E-state index is 3.52. The molecule has 0 amide bonds. The van der Waals surface area contributed by atoms with E-state index in [1.165, 1.54) is 30.8 Å². The standard InChI is InChI=1S/C17H29N3/c1-15(2)14-18-10-6-7-11-20-13-12-19(3)16-8-4-5-9-17(16)20/h4-5,8-9,15,18H,6-7,10-14H2,1-3H3. The van der Waals surface area contributed by atoms with Gasteiger partial charge in [0.05, 0.1) is 11.4 Å². The monoisotopic (exact) mass is 275 g/mol. The molecule has 1 heterocycles. The molecule has 1 N–H and O–H groups in total. The number of likely N-dealkylation sites (N-methyl/N-ethyl adjacent to an activating group) is 1. The molecule has 0 saturated heterocycles. The highest BCUT2D eigenvalue weighted by atomic mass is 15.2. The van der Waals surface area contributed by atoms with E-state index in [9.17, 15) is 0 Å². The number of unbranched alkanes of at least 4 members (excludes halogenated alkanes) is 1. The molecule has 1 aromatic carbocycles. The summed E-state index contributed by atoms with van der Waals surface area (Å²) >= 11 is 0. The minimum atomic E-state index is 0.750.